The van der Waals surface area contributed by atoms with Crippen LogP contribution in [0, 0.1) is 0 Å². The minimum absolute atomic E-state index is 0.232. The van der Waals surface area contributed by atoms with Crippen molar-refractivity contribution in [2.45, 2.75) is 25.8 Å². The zero-order valence-corrected chi connectivity index (χ0v) is 10.0. The van der Waals surface area contributed by atoms with Crippen molar-refractivity contribution in [2.24, 2.45) is 0 Å². The summed E-state index contributed by atoms with van der Waals surface area (Å²) in [5.41, 5.74) is 0. The summed E-state index contributed by atoms with van der Waals surface area (Å²) in [5, 5.41) is 11.2. The Hall–Kier alpha value is -1.30. The number of rotatable bonds is 7. The standard InChI is InChI=1S/C10H20N2O4/c1-4-16-10(15)11-8(9(13)14)6-5-7-12(2)3/h8H,4-7H2,1-3H3,(H,11,15)(H,13,14)/t8-/m0/s1. The van der Waals surface area contributed by atoms with Crippen molar-refractivity contribution in [3.8, 4) is 0 Å². The van der Waals surface area contributed by atoms with Gasteiger partial charge in [-0.3, -0.25) is 0 Å². The number of carbonyl (C=O) groups is 2. The molecule has 0 spiro atoms. The molecule has 1 amide bonds. The van der Waals surface area contributed by atoms with Crippen molar-refractivity contribution >= 4 is 12.1 Å². The summed E-state index contributed by atoms with van der Waals surface area (Å²) in [6.45, 7) is 2.69. The number of nitrogens with zero attached hydrogens (tertiary/aromatic N) is 1. The molecule has 0 saturated carbocycles. The van der Waals surface area contributed by atoms with Gasteiger partial charge in [0.05, 0.1) is 6.61 Å². The van der Waals surface area contributed by atoms with Crippen molar-refractivity contribution in [1.82, 2.24) is 10.2 Å². The van der Waals surface area contributed by atoms with Gasteiger partial charge in [0, 0.05) is 0 Å². The van der Waals surface area contributed by atoms with Gasteiger partial charge in [-0.25, -0.2) is 9.59 Å². The predicted octanol–water partition coefficient (Wildman–Crippen LogP) is 0.527. The smallest absolute Gasteiger partial charge is 0.407 e. The third-order valence-electron chi connectivity index (χ3n) is 1.96. The Labute approximate surface area is 95.6 Å². The maximum Gasteiger partial charge on any atom is 0.407 e. The van der Waals surface area contributed by atoms with Crippen molar-refractivity contribution in [3.63, 3.8) is 0 Å². The molecular formula is C10H20N2O4. The first-order valence-corrected chi connectivity index (χ1v) is 5.28. The molecule has 0 saturated heterocycles. The van der Waals surface area contributed by atoms with Crippen LogP contribution in [0.4, 0.5) is 4.79 Å². The summed E-state index contributed by atoms with van der Waals surface area (Å²) in [4.78, 5) is 23.8. The van der Waals surface area contributed by atoms with Gasteiger partial charge >= 0.3 is 12.1 Å². The number of amides is 1. The SMILES string of the molecule is CCOC(=O)N[C@@H](CCCN(C)C)C(=O)O. The maximum atomic E-state index is 11.0. The molecule has 0 radical (unpaired) electrons. The number of alkyl carbamates (subject to hydrolysis) is 1. The molecule has 94 valence electrons. The van der Waals surface area contributed by atoms with Gasteiger partial charge in [-0.05, 0) is 40.4 Å². The van der Waals surface area contributed by atoms with Gasteiger partial charge in [0.1, 0.15) is 6.04 Å². The first-order valence-electron chi connectivity index (χ1n) is 5.28. The molecule has 0 fully saturated rings. The van der Waals surface area contributed by atoms with E-state index < -0.39 is 18.1 Å². The van der Waals surface area contributed by atoms with E-state index in [0.29, 0.717) is 12.8 Å². The second-order valence-electron chi connectivity index (χ2n) is 3.70. The lowest BCUT2D eigenvalue weighted by molar-refractivity contribution is -0.139. The lowest BCUT2D eigenvalue weighted by atomic mass is 10.1. The highest BCUT2D eigenvalue weighted by atomic mass is 16.5. The molecule has 0 unspecified atom stereocenters. The van der Waals surface area contributed by atoms with Crippen LogP contribution in [-0.4, -0.2) is 55.4 Å². The quantitative estimate of drug-likeness (QED) is 0.669. The van der Waals surface area contributed by atoms with Gasteiger partial charge in [0.15, 0.2) is 0 Å². The molecule has 16 heavy (non-hydrogen) atoms. The van der Waals surface area contributed by atoms with E-state index in [9.17, 15) is 9.59 Å². The van der Waals surface area contributed by atoms with Crippen LogP contribution in [0.1, 0.15) is 19.8 Å². The van der Waals surface area contributed by atoms with Crippen LogP contribution in [0.2, 0.25) is 0 Å². The van der Waals surface area contributed by atoms with Gasteiger partial charge in [-0.2, -0.15) is 0 Å². The fourth-order valence-corrected chi connectivity index (χ4v) is 1.18. The second-order valence-corrected chi connectivity index (χ2v) is 3.70. The van der Waals surface area contributed by atoms with Crippen LogP contribution in [0.5, 0.6) is 0 Å². The Balaban J connectivity index is 3.98. The summed E-state index contributed by atoms with van der Waals surface area (Å²) in [7, 11) is 3.82. The maximum absolute atomic E-state index is 11.0. The summed E-state index contributed by atoms with van der Waals surface area (Å²) >= 11 is 0. The molecular weight excluding hydrogens is 212 g/mol. The van der Waals surface area contributed by atoms with Crippen LogP contribution < -0.4 is 5.32 Å². The molecule has 6 heteroatoms. The summed E-state index contributed by atoms with van der Waals surface area (Å²) in [6.07, 6.45) is 0.419. The fourth-order valence-electron chi connectivity index (χ4n) is 1.18. The molecule has 1 atom stereocenters. The third kappa shape index (κ3) is 7.05. The number of aliphatic carboxylic acids is 1. The highest BCUT2D eigenvalue weighted by molar-refractivity contribution is 5.79. The van der Waals surface area contributed by atoms with Crippen LogP contribution in [0.25, 0.3) is 0 Å². The molecule has 0 aliphatic rings. The van der Waals surface area contributed by atoms with E-state index in [1.54, 1.807) is 6.92 Å². The Morgan fingerprint density at radius 3 is 2.50 bits per heavy atom. The Kier molecular flexibility index (Phi) is 7.28. The van der Waals surface area contributed by atoms with E-state index >= 15 is 0 Å². The van der Waals surface area contributed by atoms with E-state index in [1.807, 2.05) is 19.0 Å². The molecule has 0 aromatic carbocycles. The van der Waals surface area contributed by atoms with Gasteiger partial charge < -0.3 is 20.1 Å². The number of hydrogen-bond acceptors (Lipinski definition) is 4. The first kappa shape index (κ1) is 14.7. The molecule has 0 aliphatic carbocycles. The highest BCUT2D eigenvalue weighted by Crippen LogP contribution is 1.99. The molecule has 0 heterocycles. The van der Waals surface area contributed by atoms with E-state index in [0.717, 1.165) is 6.54 Å². The Bertz CT molecular complexity index is 231. The van der Waals surface area contributed by atoms with Crippen LogP contribution >= 0.6 is 0 Å². The van der Waals surface area contributed by atoms with Crippen molar-refractivity contribution in [3.05, 3.63) is 0 Å². The average molecular weight is 232 g/mol. The van der Waals surface area contributed by atoms with E-state index in [4.69, 9.17) is 5.11 Å². The van der Waals surface area contributed by atoms with Crippen molar-refractivity contribution < 1.29 is 19.4 Å². The van der Waals surface area contributed by atoms with Crippen molar-refractivity contribution in [1.29, 1.82) is 0 Å². The number of nitrogens with one attached hydrogen (secondary N) is 1. The molecule has 2 N–H and O–H groups in total. The molecule has 0 aromatic heterocycles. The summed E-state index contributed by atoms with van der Waals surface area (Å²) in [6, 6.07) is -0.876. The number of hydrogen-bond donors (Lipinski definition) is 2. The third-order valence-corrected chi connectivity index (χ3v) is 1.96. The average Bonchev–Trinajstić information content (AvgIpc) is 2.15. The first-order chi connectivity index (χ1) is 7.47. The molecule has 0 aliphatic heterocycles. The van der Waals surface area contributed by atoms with E-state index in [2.05, 4.69) is 10.1 Å². The molecule has 0 rings (SSSR count). The monoisotopic (exact) mass is 232 g/mol. The number of ether oxygens (including phenoxy) is 1. The highest BCUT2D eigenvalue weighted by Gasteiger charge is 2.19. The Morgan fingerprint density at radius 1 is 1.44 bits per heavy atom. The molecule has 0 bridgehead atoms. The molecule has 6 nitrogen and oxygen atoms in total. The lowest BCUT2D eigenvalue weighted by Gasteiger charge is -2.15. The zero-order chi connectivity index (χ0) is 12.6. The topological polar surface area (TPSA) is 78.9 Å². The van der Waals surface area contributed by atoms with Crippen molar-refractivity contribution in [2.75, 3.05) is 27.2 Å². The summed E-state index contributed by atoms with van der Waals surface area (Å²) in [5.74, 6) is -1.04. The normalized spacial score (nSPS) is 12.2. The van der Waals surface area contributed by atoms with Crippen LogP contribution in [-0.2, 0) is 9.53 Å². The van der Waals surface area contributed by atoms with Crippen LogP contribution in [0.3, 0.4) is 0 Å². The number of carboxylic acid groups (broad SMARTS) is 1. The molecule has 0 aromatic rings. The largest absolute Gasteiger partial charge is 0.480 e. The predicted molar refractivity (Wildman–Crippen MR) is 59.4 cm³/mol. The zero-order valence-electron chi connectivity index (χ0n) is 10.0. The fraction of sp³-hybridized carbons (Fsp3) is 0.800. The summed E-state index contributed by atoms with van der Waals surface area (Å²) < 4.78 is 4.63. The van der Waals surface area contributed by atoms with Gasteiger partial charge in [0.25, 0.3) is 0 Å². The second kappa shape index (κ2) is 7.92. The minimum atomic E-state index is -1.04. The van der Waals surface area contributed by atoms with Gasteiger partial charge in [-0.1, -0.05) is 0 Å². The van der Waals surface area contributed by atoms with E-state index in [1.165, 1.54) is 0 Å². The number of carboxylic acids is 1. The lowest BCUT2D eigenvalue weighted by Crippen LogP contribution is -2.41. The van der Waals surface area contributed by atoms with Crippen LogP contribution in [0.15, 0.2) is 0 Å². The van der Waals surface area contributed by atoms with E-state index in [-0.39, 0.29) is 6.61 Å². The Morgan fingerprint density at radius 2 is 2.06 bits per heavy atom. The minimum Gasteiger partial charge on any atom is -0.480 e. The number of carbonyl (C=O) groups excluding carboxylic acids is 1. The van der Waals surface area contributed by atoms with Gasteiger partial charge in [-0.15, -0.1) is 0 Å². The van der Waals surface area contributed by atoms with Gasteiger partial charge in [0.2, 0.25) is 0 Å².